The molecule has 0 spiro atoms. The Morgan fingerprint density at radius 1 is 1.33 bits per heavy atom. The van der Waals surface area contributed by atoms with Crippen molar-refractivity contribution < 1.29 is 8.78 Å². The number of nitrogens with two attached hydrogens (primary N) is 1. The Morgan fingerprint density at radius 2 is 2.06 bits per heavy atom. The van der Waals surface area contributed by atoms with Gasteiger partial charge >= 0.3 is 0 Å². The van der Waals surface area contributed by atoms with Crippen molar-refractivity contribution in [1.29, 1.82) is 0 Å². The van der Waals surface area contributed by atoms with E-state index < -0.39 is 17.7 Å². The quantitative estimate of drug-likeness (QED) is 0.911. The van der Waals surface area contributed by atoms with Crippen LogP contribution in [0, 0.1) is 18.6 Å². The lowest BCUT2D eigenvalue weighted by Crippen LogP contribution is -2.14. The third-order valence-electron chi connectivity index (χ3n) is 2.95. The number of aromatic nitrogens is 2. The molecular formula is C13H15F2N3. The third-order valence-corrected chi connectivity index (χ3v) is 2.95. The molecule has 3 nitrogen and oxygen atoms in total. The maximum Gasteiger partial charge on any atom is 0.131 e. The second-order valence-electron chi connectivity index (χ2n) is 4.23. The van der Waals surface area contributed by atoms with E-state index in [1.807, 2.05) is 11.5 Å². The molecule has 18 heavy (non-hydrogen) atoms. The van der Waals surface area contributed by atoms with E-state index in [9.17, 15) is 8.78 Å². The van der Waals surface area contributed by atoms with E-state index in [1.165, 1.54) is 6.07 Å². The second kappa shape index (κ2) is 4.86. The SMILES string of the molecule is CCn1cnc(C(N)c2cc(C)c(F)cc2F)c1. The molecule has 2 N–H and O–H groups in total. The third kappa shape index (κ3) is 2.26. The summed E-state index contributed by atoms with van der Waals surface area (Å²) < 4.78 is 28.7. The molecule has 0 amide bonds. The van der Waals surface area contributed by atoms with Crippen LogP contribution in [0.2, 0.25) is 0 Å². The van der Waals surface area contributed by atoms with Crippen LogP contribution in [-0.4, -0.2) is 9.55 Å². The Balaban J connectivity index is 2.39. The summed E-state index contributed by atoms with van der Waals surface area (Å²) in [5.74, 6) is -1.21. The Bertz CT molecular complexity index is 563. The van der Waals surface area contributed by atoms with Crippen molar-refractivity contribution in [2.75, 3.05) is 0 Å². The molecule has 1 unspecified atom stereocenters. The largest absolute Gasteiger partial charge is 0.337 e. The standard InChI is InChI=1S/C13H15F2N3/c1-3-18-6-12(17-7-18)13(16)9-4-8(2)10(14)5-11(9)15/h4-7,13H,3,16H2,1-2H3. The van der Waals surface area contributed by atoms with Gasteiger partial charge in [-0.2, -0.15) is 0 Å². The number of rotatable bonds is 3. The first-order valence-corrected chi connectivity index (χ1v) is 5.75. The molecule has 2 rings (SSSR count). The van der Waals surface area contributed by atoms with Crippen LogP contribution in [0.15, 0.2) is 24.7 Å². The Labute approximate surface area is 104 Å². The molecule has 0 aliphatic rings. The van der Waals surface area contributed by atoms with Crippen LogP contribution < -0.4 is 5.73 Å². The summed E-state index contributed by atoms with van der Waals surface area (Å²) in [5, 5.41) is 0. The second-order valence-corrected chi connectivity index (χ2v) is 4.23. The molecule has 0 radical (unpaired) electrons. The maximum atomic E-state index is 13.7. The van der Waals surface area contributed by atoms with Crippen LogP contribution in [-0.2, 0) is 6.54 Å². The average molecular weight is 251 g/mol. The molecular weight excluding hydrogens is 236 g/mol. The minimum atomic E-state index is -0.683. The Hall–Kier alpha value is -1.75. The fourth-order valence-corrected chi connectivity index (χ4v) is 1.79. The lowest BCUT2D eigenvalue weighted by molar-refractivity contribution is 0.559. The highest BCUT2D eigenvalue weighted by molar-refractivity contribution is 5.32. The van der Waals surface area contributed by atoms with Gasteiger partial charge in [-0.15, -0.1) is 0 Å². The number of aryl methyl sites for hydroxylation is 2. The van der Waals surface area contributed by atoms with E-state index in [4.69, 9.17) is 5.73 Å². The van der Waals surface area contributed by atoms with Gasteiger partial charge in [0.1, 0.15) is 11.6 Å². The zero-order valence-corrected chi connectivity index (χ0v) is 10.3. The van der Waals surface area contributed by atoms with Gasteiger partial charge in [0, 0.05) is 24.4 Å². The molecule has 5 heteroatoms. The van der Waals surface area contributed by atoms with Gasteiger partial charge in [-0.25, -0.2) is 13.8 Å². The van der Waals surface area contributed by atoms with Gasteiger partial charge in [-0.3, -0.25) is 0 Å². The lowest BCUT2D eigenvalue weighted by Gasteiger charge is -2.12. The van der Waals surface area contributed by atoms with Crippen molar-refractivity contribution in [3.05, 3.63) is 53.1 Å². The molecule has 0 fully saturated rings. The fourth-order valence-electron chi connectivity index (χ4n) is 1.79. The van der Waals surface area contributed by atoms with Crippen molar-refractivity contribution in [2.45, 2.75) is 26.4 Å². The molecule has 96 valence electrons. The van der Waals surface area contributed by atoms with Crippen LogP contribution in [0.25, 0.3) is 0 Å². The molecule has 0 aliphatic heterocycles. The van der Waals surface area contributed by atoms with Crippen molar-refractivity contribution in [3.8, 4) is 0 Å². The average Bonchev–Trinajstić information content (AvgIpc) is 2.81. The monoisotopic (exact) mass is 251 g/mol. The van der Waals surface area contributed by atoms with Crippen molar-refractivity contribution in [1.82, 2.24) is 9.55 Å². The highest BCUT2D eigenvalue weighted by Gasteiger charge is 2.17. The molecule has 0 aliphatic carbocycles. The minimum absolute atomic E-state index is 0.259. The number of benzene rings is 1. The summed E-state index contributed by atoms with van der Waals surface area (Å²) in [4.78, 5) is 4.13. The first kappa shape index (κ1) is 12.7. The molecule has 0 saturated carbocycles. The summed E-state index contributed by atoms with van der Waals surface area (Å²) in [6, 6.07) is 1.61. The molecule has 0 saturated heterocycles. The number of hydrogen-bond donors (Lipinski definition) is 1. The minimum Gasteiger partial charge on any atom is -0.337 e. The van der Waals surface area contributed by atoms with Crippen molar-refractivity contribution in [2.24, 2.45) is 5.73 Å². The number of halogens is 2. The van der Waals surface area contributed by atoms with Crippen LogP contribution in [0.3, 0.4) is 0 Å². The van der Waals surface area contributed by atoms with Gasteiger partial charge in [0.15, 0.2) is 0 Å². The van der Waals surface area contributed by atoms with Gasteiger partial charge in [-0.05, 0) is 25.5 Å². The van der Waals surface area contributed by atoms with Crippen LogP contribution >= 0.6 is 0 Å². The van der Waals surface area contributed by atoms with E-state index in [1.54, 1.807) is 19.4 Å². The fraction of sp³-hybridized carbons (Fsp3) is 0.308. The number of hydrogen-bond acceptors (Lipinski definition) is 2. The summed E-state index contributed by atoms with van der Waals surface area (Å²) in [6.07, 6.45) is 3.41. The zero-order valence-electron chi connectivity index (χ0n) is 10.3. The number of imidazole rings is 1. The first-order chi connectivity index (χ1) is 8.52. The van der Waals surface area contributed by atoms with Gasteiger partial charge < -0.3 is 10.3 Å². The van der Waals surface area contributed by atoms with Crippen molar-refractivity contribution in [3.63, 3.8) is 0 Å². The van der Waals surface area contributed by atoms with E-state index >= 15 is 0 Å². The number of nitrogens with zero attached hydrogens (tertiary/aromatic N) is 2. The van der Waals surface area contributed by atoms with Crippen LogP contribution in [0.5, 0.6) is 0 Å². The normalized spacial score (nSPS) is 12.7. The summed E-state index contributed by atoms with van der Waals surface area (Å²) in [7, 11) is 0. The van der Waals surface area contributed by atoms with Gasteiger partial charge in [0.25, 0.3) is 0 Å². The summed E-state index contributed by atoms with van der Waals surface area (Å²) in [5.41, 5.74) is 7.17. The predicted octanol–water partition coefficient (Wildman–Crippen LogP) is 2.54. The van der Waals surface area contributed by atoms with Gasteiger partial charge in [-0.1, -0.05) is 0 Å². The molecule has 0 bridgehead atoms. The topological polar surface area (TPSA) is 43.8 Å². The highest BCUT2D eigenvalue weighted by atomic mass is 19.1. The maximum absolute atomic E-state index is 13.7. The summed E-state index contributed by atoms with van der Waals surface area (Å²) in [6.45, 7) is 4.32. The van der Waals surface area contributed by atoms with E-state index in [0.717, 1.165) is 12.6 Å². The van der Waals surface area contributed by atoms with Gasteiger partial charge in [0.2, 0.25) is 0 Å². The first-order valence-electron chi connectivity index (χ1n) is 5.75. The Morgan fingerprint density at radius 3 is 2.67 bits per heavy atom. The predicted molar refractivity (Wildman–Crippen MR) is 65.0 cm³/mol. The summed E-state index contributed by atoms with van der Waals surface area (Å²) >= 11 is 0. The highest BCUT2D eigenvalue weighted by Crippen LogP contribution is 2.23. The van der Waals surface area contributed by atoms with Gasteiger partial charge in [0.05, 0.1) is 18.1 Å². The van der Waals surface area contributed by atoms with Crippen LogP contribution in [0.1, 0.15) is 29.8 Å². The zero-order chi connectivity index (χ0) is 13.3. The molecule has 1 atom stereocenters. The lowest BCUT2D eigenvalue weighted by atomic mass is 10.0. The van der Waals surface area contributed by atoms with E-state index in [0.29, 0.717) is 11.3 Å². The van der Waals surface area contributed by atoms with Crippen LogP contribution in [0.4, 0.5) is 8.78 Å². The molecule has 2 aromatic rings. The molecule has 1 aromatic heterocycles. The van der Waals surface area contributed by atoms with E-state index in [-0.39, 0.29) is 5.56 Å². The smallest absolute Gasteiger partial charge is 0.131 e. The molecule has 1 heterocycles. The Kier molecular flexibility index (Phi) is 3.43. The van der Waals surface area contributed by atoms with Crippen molar-refractivity contribution >= 4 is 0 Å². The molecule has 1 aromatic carbocycles. The van der Waals surface area contributed by atoms with E-state index in [2.05, 4.69) is 4.98 Å².